The highest BCUT2D eigenvalue weighted by Crippen LogP contribution is 2.12. The minimum absolute atomic E-state index is 0.0870. The van der Waals surface area contributed by atoms with Crippen LogP contribution in [0.2, 0.25) is 0 Å². The number of nitrogens with zero attached hydrogens (tertiary/aromatic N) is 3. The van der Waals surface area contributed by atoms with Gasteiger partial charge in [0.15, 0.2) is 0 Å². The van der Waals surface area contributed by atoms with Crippen LogP contribution in [-0.2, 0) is 0 Å². The molecule has 0 aliphatic carbocycles. The summed E-state index contributed by atoms with van der Waals surface area (Å²) in [6.45, 7) is 16.6. The van der Waals surface area contributed by atoms with Gasteiger partial charge in [0.2, 0.25) is 0 Å². The minimum atomic E-state index is -0.0870. The molecule has 0 fully saturated rings. The van der Waals surface area contributed by atoms with Gasteiger partial charge in [0.1, 0.15) is 0 Å². The zero-order valence-electron chi connectivity index (χ0n) is 14.1. The molecule has 20 heavy (non-hydrogen) atoms. The number of hydrogen-bond donors (Lipinski definition) is 0. The summed E-state index contributed by atoms with van der Waals surface area (Å²) in [5.74, 6) is 0. The molecular weight excluding hydrogens is 246 g/mol. The zero-order chi connectivity index (χ0) is 15.6. The van der Waals surface area contributed by atoms with E-state index < -0.39 is 0 Å². The maximum Gasteiger partial charge on any atom is 0.0845 e. The Kier molecular flexibility index (Phi) is 4.85. The molecule has 1 aromatic heterocycles. The molecule has 1 rings (SSSR count). The molecule has 0 saturated heterocycles. The smallest absolute Gasteiger partial charge is 0.0845 e. The number of pyridine rings is 1. The molecule has 0 bridgehead atoms. The molecule has 0 unspecified atom stereocenters. The summed E-state index contributed by atoms with van der Waals surface area (Å²) in [4.78, 5) is 14.0. The lowest BCUT2D eigenvalue weighted by Crippen LogP contribution is -2.16. The first-order valence-electron chi connectivity index (χ1n) is 7.09. The van der Waals surface area contributed by atoms with Gasteiger partial charge in [-0.2, -0.15) is 0 Å². The lowest BCUT2D eigenvalue weighted by molar-refractivity contribution is 0.583. The molecular formula is C17H27N3. The first-order chi connectivity index (χ1) is 8.98. The van der Waals surface area contributed by atoms with Gasteiger partial charge in [-0.15, -0.1) is 0 Å². The Bertz CT molecular complexity index is 481. The van der Waals surface area contributed by atoms with Crippen LogP contribution in [0.25, 0.3) is 0 Å². The molecule has 3 nitrogen and oxygen atoms in total. The molecule has 0 saturated carbocycles. The second-order valence-electron chi connectivity index (χ2n) is 7.14. The van der Waals surface area contributed by atoms with Crippen molar-refractivity contribution in [3.05, 3.63) is 29.6 Å². The zero-order valence-corrected chi connectivity index (χ0v) is 14.1. The third-order valence-corrected chi connectivity index (χ3v) is 2.50. The van der Waals surface area contributed by atoms with Crippen molar-refractivity contribution in [2.75, 3.05) is 0 Å². The van der Waals surface area contributed by atoms with E-state index in [2.05, 4.69) is 56.5 Å². The summed E-state index contributed by atoms with van der Waals surface area (Å²) in [7, 11) is 0. The second kappa shape index (κ2) is 5.86. The summed E-state index contributed by atoms with van der Waals surface area (Å²) in [5, 5.41) is 0. The van der Waals surface area contributed by atoms with E-state index in [1.54, 1.807) is 0 Å². The number of aromatic nitrogens is 1. The van der Waals surface area contributed by atoms with Crippen LogP contribution in [-0.4, -0.2) is 27.5 Å². The van der Waals surface area contributed by atoms with Gasteiger partial charge in [0.25, 0.3) is 0 Å². The van der Waals surface area contributed by atoms with Gasteiger partial charge in [-0.3, -0.25) is 9.98 Å². The molecule has 0 radical (unpaired) electrons. The lowest BCUT2D eigenvalue weighted by atomic mass is 10.1. The van der Waals surface area contributed by atoms with E-state index in [4.69, 9.17) is 0 Å². The van der Waals surface area contributed by atoms with Gasteiger partial charge >= 0.3 is 0 Å². The molecule has 0 aliphatic heterocycles. The average Bonchev–Trinajstić information content (AvgIpc) is 2.24. The van der Waals surface area contributed by atoms with Crippen molar-refractivity contribution in [1.82, 2.24) is 4.98 Å². The summed E-state index contributed by atoms with van der Waals surface area (Å²) in [6.07, 6.45) is 0. The standard InChI is InChI=1S/C17H27N3/c1-12(19-16(3,4)5)14-10-9-11-15(18-14)13(2)20-17(6,7)8/h9-11H,1-8H3/b19-12+,20-13+. The highest BCUT2D eigenvalue weighted by molar-refractivity contribution is 6.00. The quantitative estimate of drug-likeness (QED) is 0.740. The highest BCUT2D eigenvalue weighted by Gasteiger charge is 2.12. The van der Waals surface area contributed by atoms with E-state index in [1.807, 2.05) is 32.0 Å². The Morgan fingerprint density at radius 2 is 1.15 bits per heavy atom. The van der Waals surface area contributed by atoms with Gasteiger partial charge < -0.3 is 0 Å². The summed E-state index contributed by atoms with van der Waals surface area (Å²) >= 11 is 0. The minimum Gasteiger partial charge on any atom is -0.282 e. The highest BCUT2D eigenvalue weighted by atomic mass is 14.9. The normalized spacial score (nSPS) is 14.6. The Morgan fingerprint density at radius 1 is 0.800 bits per heavy atom. The number of rotatable bonds is 2. The van der Waals surface area contributed by atoms with Crippen molar-refractivity contribution in [2.45, 2.75) is 66.5 Å². The van der Waals surface area contributed by atoms with Gasteiger partial charge in [-0.1, -0.05) is 6.07 Å². The van der Waals surface area contributed by atoms with Crippen LogP contribution in [0.3, 0.4) is 0 Å². The molecule has 0 spiro atoms. The van der Waals surface area contributed by atoms with Gasteiger partial charge in [0.05, 0.1) is 33.9 Å². The van der Waals surface area contributed by atoms with Crippen LogP contribution in [0, 0.1) is 0 Å². The maximum atomic E-state index is 4.68. The van der Waals surface area contributed by atoms with Crippen LogP contribution in [0.1, 0.15) is 66.8 Å². The summed E-state index contributed by atoms with van der Waals surface area (Å²) < 4.78 is 0. The molecule has 110 valence electrons. The predicted molar refractivity (Wildman–Crippen MR) is 88.2 cm³/mol. The Morgan fingerprint density at radius 3 is 1.45 bits per heavy atom. The largest absolute Gasteiger partial charge is 0.282 e. The van der Waals surface area contributed by atoms with Crippen molar-refractivity contribution < 1.29 is 0 Å². The fourth-order valence-corrected chi connectivity index (χ4v) is 1.96. The van der Waals surface area contributed by atoms with Gasteiger partial charge in [-0.05, 0) is 67.5 Å². The first kappa shape index (κ1) is 16.5. The van der Waals surface area contributed by atoms with E-state index in [0.29, 0.717) is 0 Å². The Balaban J connectivity index is 3.15. The van der Waals surface area contributed by atoms with Crippen LogP contribution in [0.15, 0.2) is 28.2 Å². The van der Waals surface area contributed by atoms with E-state index in [-0.39, 0.29) is 11.1 Å². The van der Waals surface area contributed by atoms with E-state index >= 15 is 0 Å². The molecule has 0 amide bonds. The van der Waals surface area contributed by atoms with Crippen molar-refractivity contribution >= 4 is 11.4 Å². The van der Waals surface area contributed by atoms with E-state index in [1.165, 1.54) is 0 Å². The van der Waals surface area contributed by atoms with E-state index in [0.717, 1.165) is 22.8 Å². The Hall–Kier alpha value is -1.51. The van der Waals surface area contributed by atoms with Crippen molar-refractivity contribution in [2.24, 2.45) is 9.98 Å². The first-order valence-corrected chi connectivity index (χ1v) is 7.09. The topological polar surface area (TPSA) is 37.6 Å². The van der Waals surface area contributed by atoms with Crippen LogP contribution >= 0.6 is 0 Å². The monoisotopic (exact) mass is 273 g/mol. The third-order valence-electron chi connectivity index (χ3n) is 2.50. The molecule has 0 N–H and O–H groups in total. The van der Waals surface area contributed by atoms with Crippen LogP contribution in [0.4, 0.5) is 0 Å². The summed E-state index contributed by atoms with van der Waals surface area (Å²) in [5.41, 5.74) is 3.58. The van der Waals surface area contributed by atoms with Crippen molar-refractivity contribution in [1.29, 1.82) is 0 Å². The third kappa shape index (κ3) is 5.64. The molecule has 0 aliphatic rings. The molecule has 0 aromatic carbocycles. The summed E-state index contributed by atoms with van der Waals surface area (Å²) in [6, 6.07) is 6.01. The predicted octanol–water partition coefficient (Wildman–Crippen LogP) is 4.30. The second-order valence-corrected chi connectivity index (χ2v) is 7.14. The van der Waals surface area contributed by atoms with Gasteiger partial charge in [0, 0.05) is 0 Å². The average molecular weight is 273 g/mol. The Labute approximate surface area is 123 Å². The number of aliphatic imine (C=N–C) groups is 2. The van der Waals surface area contributed by atoms with Crippen LogP contribution in [0.5, 0.6) is 0 Å². The molecule has 1 aromatic rings. The fraction of sp³-hybridized carbons (Fsp3) is 0.588. The molecule has 3 heteroatoms. The van der Waals surface area contributed by atoms with Crippen molar-refractivity contribution in [3.63, 3.8) is 0 Å². The lowest BCUT2D eigenvalue weighted by Gasteiger charge is -2.15. The molecule has 1 heterocycles. The van der Waals surface area contributed by atoms with Gasteiger partial charge in [-0.25, -0.2) is 4.98 Å². The fourth-order valence-electron chi connectivity index (χ4n) is 1.96. The van der Waals surface area contributed by atoms with E-state index in [9.17, 15) is 0 Å². The number of hydrogen-bond acceptors (Lipinski definition) is 3. The van der Waals surface area contributed by atoms with Crippen LogP contribution < -0.4 is 0 Å². The van der Waals surface area contributed by atoms with Crippen molar-refractivity contribution in [3.8, 4) is 0 Å². The molecule has 0 atom stereocenters. The maximum absolute atomic E-state index is 4.68. The SMILES string of the molecule is C/C(=N\C(C)(C)C)c1cccc(/C(C)=N/C(C)(C)C)n1.